The number of rotatable bonds is 1. The van der Waals surface area contributed by atoms with Crippen molar-refractivity contribution in [3.05, 3.63) is 0 Å². The van der Waals surface area contributed by atoms with Crippen molar-refractivity contribution in [1.82, 2.24) is 0 Å². The van der Waals surface area contributed by atoms with Gasteiger partial charge >= 0.3 is 0 Å². The number of carbonyl (C=O) groups excluding carboxylic acids is 1. The fraction of sp³-hybridized carbons (Fsp3) is 0.909. The number of Topliss-reactive ketones (excluding diaryl/α,β-unsaturated/α-hetero) is 1. The van der Waals surface area contributed by atoms with Gasteiger partial charge in [0.25, 0.3) is 0 Å². The van der Waals surface area contributed by atoms with Crippen LogP contribution in [0.1, 0.15) is 38.5 Å². The monoisotopic (exact) mass is 230 g/mol. The van der Waals surface area contributed by atoms with Gasteiger partial charge in [-0.3, -0.25) is 4.79 Å². The van der Waals surface area contributed by atoms with E-state index in [1.54, 1.807) is 0 Å². The van der Waals surface area contributed by atoms with Gasteiger partial charge < -0.3 is 0 Å². The van der Waals surface area contributed by atoms with Gasteiger partial charge in [-0.15, -0.1) is 23.5 Å². The standard InChI is InChI=1S/C11H18OS2/c12-10-6-4-2-1-3-5-9(10)11-13-7-8-14-11/h9,11H,1-8H2/t9-/m0/s1. The molecule has 1 nitrogen and oxygen atoms in total. The molecule has 0 unspecified atom stereocenters. The highest BCUT2D eigenvalue weighted by atomic mass is 32.2. The van der Waals surface area contributed by atoms with E-state index in [0.717, 1.165) is 19.3 Å². The second-order valence-electron chi connectivity index (χ2n) is 4.14. The highest BCUT2D eigenvalue weighted by Crippen LogP contribution is 2.40. The van der Waals surface area contributed by atoms with Gasteiger partial charge in [-0.1, -0.05) is 19.3 Å². The third-order valence-corrected chi connectivity index (χ3v) is 6.35. The number of ketones is 1. The lowest BCUT2D eigenvalue weighted by molar-refractivity contribution is -0.123. The lowest BCUT2D eigenvalue weighted by Gasteiger charge is -2.22. The summed E-state index contributed by atoms with van der Waals surface area (Å²) in [4.78, 5) is 11.9. The van der Waals surface area contributed by atoms with Crippen LogP contribution in [0.3, 0.4) is 0 Å². The summed E-state index contributed by atoms with van der Waals surface area (Å²) < 4.78 is 0.598. The topological polar surface area (TPSA) is 17.1 Å². The average molecular weight is 230 g/mol. The maximum atomic E-state index is 11.9. The minimum absolute atomic E-state index is 0.382. The molecule has 0 radical (unpaired) electrons. The van der Waals surface area contributed by atoms with E-state index in [1.807, 2.05) is 23.5 Å². The molecule has 1 heterocycles. The van der Waals surface area contributed by atoms with Crippen molar-refractivity contribution in [2.45, 2.75) is 43.1 Å². The zero-order valence-corrected chi connectivity index (χ0v) is 10.2. The molecule has 1 atom stereocenters. The van der Waals surface area contributed by atoms with Crippen LogP contribution in [-0.4, -0.2) is 21.9 Å². The molecule has 0 aromatic carbocycles. The first kappa shape index (κ1) is 10.9. The third-order valence-electron chi connectivity index (χ3n) is 3.08. The second kappa shape index (κ2) is 5.45. The smallest absolute Gasteiger partial charge is 0.137 e. The van der Waals surface area contributed by atoms with Crippen molar-refractivity contribution in [3.8, 4) is 0 Å². The summed E-state index contributed by atoms with van der Waals surface area (Å²) in [6.45, 7) is 0. The van der Waals surface area contributed by atoms with E-state index in [1.165, 1.54) is 30.8 Å². The SMILES string of the molecule is O=C1CCCCCC[C@@H]1C1SCCS1. The molecule has 80 valence electrons. The Bertz CT molecular complexity index is 199. The Kier molecular flexibility index (Phi) is 4.24. The molecule has 2 fully saturated rings. The van der Waals surface area contributed by atoms with Crippen LogP contribution in [0.2, 0.25) is 0 Å². The number of hydrogen-bond acceptors (Lipinski definition) is 3. The summed E-state index contributed by atoms with van der Waals surface area (Å²) in [5.74, 6) is 3.43. The molecule has 0 aromatic rings. The van der Waals surface area contributed by atoms with Gasteiger partial charge in [-0.2, -0.15) is 0 Å². The van der Waals surface area contributed by atoms with E-state index in [4.69, 9.17) is 0 Å². The van der Waals surface area contributed by atoms with Crippen molar-refractivity contribution in [3.63, 3.8) is 0 Å². The Morgan fingerprint density at radius 2 is 1.71 bits per heavy atom. The second-order valence-corrected chi connectivity index (χ2v) is 6.93. The Hall–Kier alpha value is 0.370. The zero-order valence-electron chi connectivity index (χ0n) is 8.54. The van der Waals surface area contributed by atoms with Crippen LogP contribution in [0.15, 0.2) is 0 Å². The molecular formula is C11H18OS2. The Balaban J connectivity index is 1.94. The normalized spacial score (nSPS) is 31.4. The van der Waals surface area contributed by atoms with Crippen molar-refractivity contribution in [1.29, 1.82) is 0 Å². The first-order valence-electron chi connectivity index (χ1n) is 5.64. The van der Waals surface area contributed by atoms with Crippen LogP contribution in [0.5, 0.6) is 0 Å². The highest BCUT2D eigenvalue weighted by molar-refractivity contribution is 8.20. The van der Waals surface area contributed by atoms with Crippen LogP contribution in [-0.2, 0) is 4.79 Å². The summed E-state index contributed by atoms with van der Waals surface area (Å²) in [5, 5.41) is 0. The molecule has 3 heteroatoms. The fourth-order valence-electron chi connectivity index (χ4n) is 2.26. The highest BCUT2D eigenvalue weighted by Gasteiger charge is 2.31. The average Bonchev–Trinajstić information content (AvgIpc) is 2.65. The number of carbonyl (C=O) groups is 1. The van der Waals surface area contributed by atoms with Crippen LogP contribution in [0.25, 0.3) is 0 Å². The van der Waals surface area contributed by atoms with Gasteiger partial charge in [0.05, 0.1) is 4.58 Å². The molecule has 1 aliphatic carbocycles. The molecule has 0 bridgehead atoms. The first-order valence-corrected chi connectivity index (χ1v) is 7.73. The molecule has 0 N–H and O–H groups in total. The molecule has 2 rings (SSSR count). The zero-order chi connectivity index (χ0) is 9.80. The number of thioether (sulfide) groups is 2. The lowest BCUT2D eigenvalue weighted by atomic mass is 9.91. The molecule has 1 aliphatic heterocycles. The summed E-state index contributed by atoms with van der Waals surface area (Å²) in [6.07, 6.45) is 7.02. The quantitative estimate of drug-likeness (QED) is 0.688. The van der Waals surface area contributed by atoms with Crippen molar-refractivity contribution in [2.24, 2.45) is 5.92 Å². The molecule has 0 amide bonds. The summed E-state index contributed by atoms with van der Waals surface area (Å²) in [5.41, 5.74) is 0. The van der Waals surface area contributed by atoms with Crippen LogP contribution in [0.4, 0.5) is 0 Å². The van der Waals surface area contributed by atoms with E-state index in [2.05, 4.69) is 0 Å². The van der Waals surface area contributed by atoms with Crippen LogP contribution < -0.4 is 0 Å². The van der Waals surface area contributed by atoms with E-state index < -0.39 is 0 Å². The Morgan fingerprint density at radius 3 is 2.50 bits per heavy atom. The van der Waals surface area contributed by atoms with E-state index in [-0.39, 0.29) is 0 Å². The third kappa shape index (κ3) is 2.69. The predicted octanol–water partition coefficient (Wildman–Crippen LogP) is 3.33. The predicted molar refractivity (Wildman–Crippen MR) is 64.9 cm³/mol. The number of hydrogen-bond donors (Lipinski definition) is 0. The lowest BCUT2D eigenvalue weighted by Crippen LogP contribution is -2.23. The summed E-state index contributed by atoms with van der Waals surface area (Å²) in [7, 11) is 0. The van der Waals surface area contributed by atoms with E-state index in [9.17, 15) is 4.79 Å². The van der Waals surface area contributed by atoms with Gasteiger partial charge in [-0.25, -0.2) is 0 Å². The molecule has 14 heavy (non-hydrogen) atoms. The Labute approximate surface area is 94.8 Å². The molecular weight excluding hydrogens is 212 g/mol. The largest absolute Gasteiger partial charge is 0.299 e. The van der Waals surface area contributed by atoms with Gasteiger partial charge in [0, 0.05) is 23.8 Å². The van der Waals surface area contributed by atoms with Gasteiger partial charge in [0.2, 0.25) is 0 Å². The fourth-order valence-corrected chi connectivity index (χ4v) is 5.50. The van der Waals surface area contributed by atoms with Crippen molar-refractivity contribution < 1.29 is 4.79 Å². The van der Waals surface area contributed by atoms with Crippen LogP contribution >= 0.6 is 23.5 Å². The van der Waals surface area contributed by atoms with Gasteiger partial charge in [0.15, 0.2) is 0 Å². The van der Waals surface area contributed by atoms with Crippen LogP contribution in [0, 0.1) is 5.92 Å². The van der Waals surface area contributed by atoms with E-state index >= 15 is 0 Å². The maximum absolute atomic E-state index is 11.9. The minimum Gasteiger partial charge on any atom is -0.299 e. The Morgan fingerprint density at radius 1 is 1.00 bits per heavy atom. The molecule has 1 saturated carbocycles. The molecule has 1 saturated heterocycles. The van der Waals surface area contributed by atoms with Gasteiger partial charge in [-0.05, 0) is 12.8 Å². The summed E-state index contributed by atoms with van der Waals surface area (Å²) >= 11 is 4.02. The molecule has 2 aliphatic rings. The molecule has 0 spiro atoms. The van der Waals surface area contributed by atoms with E-state index in [0.29, 0.717) is 16.3 Å². The van der Waals surface area contributed by atoms with Gasteiger partial charge in [0.1, 0.15) is 5.78 Å². The van der Waals surface area contributed by atoms with Crippen molar-refractivity contribution >= 4 is 29.3 Å². The molecule has 0 aromatic heterocycles. The maximum Gasteiger partial charge on any atom is 0.137 e. The minimum atomic E-state index is 0.382. The summed E-state index contributed by atoms with van der Waals surface area (Å²) in [6, 6.07) is 0. The first-order chi connectivity index (χ1) is 6.88. The van der Waals surface area contributed by atoms with Crippen molar-refractivity contribution in [2.75, 3.05) is 11.5 Å².